The zero-order valence-corrected chi connectivity index (χ0v) is 13.5. The first kappa shape index (κ1) is 12.8. The van der Waals surface area contributed by atoms with Crippen LogP contribution < -0.4 is 9.47 Å². The van der Waals surface area contributed by atoms with Crippen LogP contribution in [0, 0.1) is 0 Å². The molecule has 98 valence electrons. The van der Waals surface area contributed by atoms with Gasteiger partial charge in [0.1, 0.15) is 22.7 Å². The smallest absolute Gasteiger partial charge is 0.136 e. The van der Waals surface area contributed by atoms with Crippen LogP contribution in [0.3, 0.4) is 0 Å². The number of fused-ring (bicyclic) bond motifs is 3. The van der Waals surface area contributed by atoms with Crippen molar-refractivity contribution in [2.45, 2.75) is 0 Å². The van der Waals surface area contributed by atoms with E-state index in [1.54, 1.807) is 14.2 Å². The van der Waals surface area contributed by atoms with Gasteiger partial charge in [-0.25, -0.2) is 0 Å². The molecule has 1 aromatic heterocycles. The van der Waals surface area contributed by atoms with Crippen LogP contribution in [0.4, 0.5) is 0 Å². The zero-order chi connectivity index (χ0) is 13.6. The van der Waals surface area contributed by atoms with Crippen LogP contribution in [0.25, 0.3) is 21.9 Å². The first-order valence-electron chi connectivity index (χ1n) is 5.57. The summed E-state index contributed by atoms with van der Waals surface area (Å²) >= 11 is 6.92. The minimum atomic E-state index is 0.775. The van der Waals surface area contributed by atoms with E-state index in [9.17, 15) is 0 Å². The Balaban J connectivity index is 2.41. The number of methoxy groups -OCH3 is 2. The molecule has 3 nitrogen and oxygen atoms in total. The molecule has 0 amide bonds. The average Bonchev–Trinajstić information content (AvgIpc) is 2.72. The van der Waals surface area contributed by atoms with Crippen molar-refractivity contribution in [3.63, 3.8) is 0 Å². The predicted octanol–water partition coefficient (Wildman–Crippen LogP) is 5.13. The standard InChI is InChI=1S/C14H10Br2O3/c1-17-13-3-7-8-4-14(18-2)10(16)6-12(8)19-11(7)5-9(13)15/h3-6H,1-2H3. The Kier molecular flexibility index (Phi) is 3.19. The van der Waals surface area contributed by atoms with Gasteiger partial charge < -0.3 is 13.9 Å². The minimum absolute atomic E-state index is 0.775. The fourth-order valence-electron chi connectivity index (χ4n) is 2.09. The molecule has 0 bridgehead atoms. The normalized spacial score (nSPS) is 11.2. The molecule has 0 aliphatic rings. The van der Waals surface area contributed by atoms with E-state index in [1.165, 1.54) is 0 Å². The molecule has 1 heterocycles. The molecule has 0 unspecified atom stereocenters. The third-order valence-electron chi connectivity index (χ3n) is 3.02. The van der Waals surface area contributed by atoms with Crippen molar-refractivity contribution in [1.29, 1.82) is 0 Å². The maximum Gasteiger partial charge on any atom is 0.136 e. The van der Waals surface area contributed by atoms with Gasteiger partial charge in [0, 0.05) is 10.8 Å². The third-order valence-corrected chi connectivity index (χ3v) is 4.26. The van der Waals surface area contributed by atoms with E-state index in [0.717, 1.165) is 42.4 Å². The second-order valence-corrected chi connectivity index (χ2v) is 5.78. The number of hydrogen-bond donors (Lipinski definition) is 0. The van der Waals surface area contributed by atoms with Gasteiger partial charge in [-0.2, -0.15) is 0 Å². The summed E-state index contributed by atoms with van der Waals surface area (Å²) < 4.78 is 18.2. The van der Waals surface area contributed by atoms with Crippen molar-refractivity contribution >= 4 is 53.8 Å². The quantitative estimate of drug-likeness (QED) is 0.612. The topological polar surface area (TPSA) is 31.6 Å². The Morgan fingerprint density at radius 2 is 1.21 bits per heavy atom. The van der Waals surface area contributed by atoms with Crippen molar-refractivity contribution in [2.24, 2.45) is 0 Å². The Morgan fingerprint density at radius 3 is 1.58 bits per heavy atom. The van der Waals surface area contributed by atoms with Gasteiger partial charge in [-0.15, -0.1) is 0 Å². The second kappa shape index (κ2) is 4.72. The van der Waals surface area contributed by atoms with Gasteiger partial charge in [0.25, 0.3) is 0 Å². The van der Waals surface area contributed by atoms with Crippen LogP contribution in [-0.4, -0.2) is 14.2 Å². The van der Waals surface area contributed by atoms with Gasteiger partial charge in [-0.3, -0.25) is 0 Å². The number of furan rings is 1. The molecule has 0 aliphatic heterocycles. The molecule has 0 radical (unpaired) electrons. The highest BCUT2D eigenvalue weighted by atomic mass is 79.9. The molecular weight excluding hydrogens is 376 g/mol. The molecule has 3 aromatic rings. The lowest BCUT2D eigenvalue weighted by Crippen LogP contribution is -1.84. The van der Waals surface area contributed by atoms with Crippen LogP contribution in [0.2, 0.25) is 0 Å². The van der Waals surface area contributed by atoms with Gasteiger partial charge in [0.15, 0.2) is 0 Å². The number of rotatable bonds is 2. The number of benzene rings is 2. The molecule has 0 saturated heterocycles. The monoisotopic (exact) mass is 384 g/mol. The molecule has 0 atom stereocenters. The van der Waals surface area contributed by atoms with Crippen molar-refractivity contribution in [3.8, 4) is 11.5 Å². The average molecular weight is 386 g/mol. The van der Waals surface area contributed by atoms with Gasteiger partial charge in [-0.05, 0) is 56.1 Å². The van der Waals surface area contributed by atoms with Crippen LogP contribution in [0.5, 0.6) is 11.5 Å². The van der Waals surface area contributed by atoms with Crippen molar-refractivity contribution in [2.75, 3.05) is 14.2 Å². The lowest BCUT2D eigenvalue weighted by Gasteiger charge is -2.03. The maximum absolute atomic E-state index is 5.84. The molecule has 0 saturated carbocycles. The van der Waals surface area contributed by atoms with E-state index in [-0.39, 0.29) is 0 Å². The Hall–Kier alpha value is -1.20. The Bertz CT molecular complexity index is 713. The van der Waals surface area contributed by atoms with Gasteiger partial charge in [0.05, 0.1) is 23.2 Å². The summed E-state index contributed by atoms with van der Waals surface area (Å²) in [7, 11) is 3.29. The highest BCUT2D eigenvalue weighted by Crippen LogP contribution is 2.39. The summed E-state index contributed by atoms with van der Waals surface area (Å²) in [5, 5.41) is 2.00. The van der Waals surface area contributed by atoms with Gasteiger partial charge in [0.2, 0.25) is 0 Å². The summed E-state index contributed by atoms with van der Waals surface area (Å²) in [6.07, 6.45) is 0. The van der Waals surface area contributed by atoms with Gasteiger partial charge in [-0.1, -0.05) is 0 Å². The van der Waals surface area contributed by atoms with Gasteiger partial charge >= 0.3 is 0 Å². The molecule has 0 aliphatic carbocycles. The molecule has 0 fully saturated rings. The van der Waals surface area contributed by atoms with E-state index in [4.69, 9.17) is 13.9 Å². The molecular formula is C14H10Br2O3. The summed E-state index contributed by atoms with van der Waals surface area (Å²) in [6.45, 7) is 0. The van der Waals surface area contributed by atoms with E-state index in [1.807, 2.05) is 24.3 Å². The molecule has 19 heavy (non-hydrogen) atoms. The zero-order valence-electron chi connectivity index (χ0n) is 10.3. The van der Waals surface area contributed by atoms with E-state index in [2.05, 4.69) is 31.9 Å². The molecule has 3 rings (SSSR count). The van der Waals surface area contributed by atoms with E-state index >= 15 is 0 Å². The summed E-state index contributed by atoms with van der Waals surface area (Å²) in [4.78, 5) is 0. The summed E-state index contributed by atoms with van der Waals surface area (Å²) in [5.74, 6) is 1.55. The minimum Gasteiger partial charge on any atom is -0.496 e. The molecule has 0 spiro atoms. The third kappa shape index (κ3) is 2.01. The van der Waals surface area contributed by atoms with Crippen LogP contribution in [0.15, 0.2) is 37.6 Å². The second-order valence-electron chi connectivity index (χ2n) is 4.07. The predicted molar refractivity (Wildman–Crippen MR) is 82.2 cm³/mol. The number of halogens is 2. The van der Waals surface area contributed by atoms with Crippen molar-refractivity contribution in [3.05, 3.63) is 33.2 Å². The fourth-order valence-corrected chi connectivity index (χ4v) is 3.06. The Labute approximate surface area is 126 Å². The van der Waals surface area contributed by atoms with Crippen molar-refractivity contribution in [1.82, 2.24) is 0 Å². The summed E-state index contributed by atoms with van der Waals surface area (Å²) in [5.41, 5.74) is 1.62. The SMILES string of the molecule is COc1cc2c(cc1Br)oc1cc(Br)c(OC)cc12. The fraction of sp³-hybridized carbons (Fsp3) is 0.143. The van der Waals surface area contributed by atoms with Crippen molar-refractivity contribution < 1.29 is 13.9 Å². The Morgan fingerprint density at radius 1 is 0.789 bits per heavy atom. The van der Waals surface area contributed by atoms with Crippen LogP contribution >= 0.6 is 31.9 Å². The molecule has 0 N–H and O–H groups in total. The number of ether oxygens (including phenoxy) is 2. The largest absolute Gasteiger partial charge is 0.496 e. The highest BCUT2D eigenvalue weighted by Gasteiger charge is 2.13. The highest BCUT2D eigenvalue weighted by molar-refractivity contribution is 9.11. The lowest BCUT2D eigenvalue weighted by molar-refractivity contribution is 0.412. The summed E-state index contributed by atoms with van der Waals surface area (Å²) in [6, 6.07) is 7.74. The van der Waals surface area contributed by atoms with Crippen LogP contribution in [-0.2, 0) is 0 Å². The molecule has 2 aromatic carbocycles. The van der Waals surface area contributed by atoms with E-state index < -0.39 is 0 Å². The number of hydrogen-bond acceptors (Lipinski definition) is 3. The van der Waals surface area contributed by atoms with E-state index in [0.29, 0.717) is 0 Å². The maximum atomic E-state index is 5.84. The molecule has 5 heteroatoms. The first-order chi connectivity index (χ1) is 9.13. The first-order valence-corrected chi connectivity index (χ1v) is 7.16. The van der Waals surface area contributed by atoms with Crippen LogP contribution in [0.1, 0.15) is 0 Å². The lowest BCUT2D eigenvalue weighted by atomic mass is 10.1.